The standard InChI is InChI=1S/C10H11ClN2O2/c1-2-13(9(11)14)10(15)12-8-6-4-3-5-7-8/h3-7H,2H2,1H3,(H,12,15). The van der Waals surface area contributed by atoms with Crippen molar-refractivity contribution in [2.45, 2.75) is 6.92 Å². The van der Waals surface area contributed by atoms with Gasteiger partial charge in [0, 0.05) is 12.2 Å². The highest BCUT2D eigenvalue weighted by Crippen LogP contribution is 2.07. The van der Waals surface area contributed by atoms with Crippen LogP contribution >= 0.6 is 11.6 Å². The molecule has 1 N–H and O–H groups in total. The highest BCUT2D eigenvalue weighted by Gasteiger charge is 2.17. The Labute approximate surface area is 92.8 Å². The van der Waals surface area contributed by atoms with E-state index in [0.717, 1.165) is 4.90 Å². The first-order chi connectivity index (χ1) is 7.15. The molecule has 15 heavy (non-hydrogen) atoms. The summed E-state index contributed by atoms with van der Waals surface area (Å²) in [5.41, 5.74) is 0.624. The fourth-order valence-electron chi connectivity index (χ4n) is 1.06. The molecule has 3 amide bonds. The Kier molecular flexibility index (Phi) is 4.12. The van der Waals surface area contributed by atoms with Crippen LogP contribution in [-0.4, -0.2) is 22.8 Å². The van der Waals surface area contributed by atoms with Gasteiger partial charge in [0.15, 0.2) is 0 Å². The maximum atomic E-state index is 11.5. The Hall–Kier alpha value is -1.55. The molecule has 0 aliphatic heterocycles. The van der Waals surface area contributed by atoms with Crippen LogP contribution in [0.1, 0.15) is 6.92 Å². The normalized spacial score (nSPS) is 9.47. The van der Waals surface area contributed by atoms with E-state index in [-0.39, 0.29) is 6.54 Å². The van der Waals surface area contributed by atoms with Crippen LogP contribution in [0.4, 0.5) is 15.3 Å². The summed E-state index contributed by atoms with van der Waals surface area (Å²) in [6.45, 7) is 1.91. The molecule has 0 unspecified atom stereocenters. The second kappa shape index (κ2) is 5.36. The molecule has 1 aromatic rings. The zero-order valence-corrected chi connectivity index (χ0v) is 8.99. The number of benzene rings is 1. The van der Waals surface area contributed by atoms with E-state index in [9.17, 15) is 9.59 Å². The van der Waals surface area contributed by atoms with Crippen molar-refractivity contribution in [3.8, 4) is 0 Å². The second-order valence-corrected chi connectivity index (χ2v) is 3.12. The number of halogens is 1. The van der Waals surface area contributed by atoms with Gasteiger partial charge in [0.2, 0.25) is 0 Å². The largest absolute Gasteiger partial charge is 0.329 e. The van der Waals surface area contributed by atoms with Gasteiger partial charge in [-0.2, -0.15) is 0 Å². The number of amides is 3. The molecule has 0 radical (unpaired) electrons. The summed E-state index contributed by atoms with van der Waals surface area (Å²) in [4.78, 5) is 23.2. The van der Waals surface area contributed by atoms with Crippen molar-refractivity contribution in [3.63, 3.8) is 0 Å². The fraction of sp³-hybridized carbons (Fsp3) is 0.200. The Morgan fingerprint density at radius 1 is 1.33 bits per heavy atom. The number of urea groups is 1. The van der Waals surface area contributed by atoms with Gasteiger partial charge in [-0.3, -0.25) is 9.69 Å². The Morgan fingerprint density at radius 3 is 2.40 bits per heavy atom. The van der Waals surface area contributed by atoms with Crippen molar-refractivity contribution in [2.24, 2.45) is 0 Å². The summed E-state index contributed by atoms with van der Waals surface area (Å²) in [5.74, 6) is 0. The molecule has 0 saturated carbocycles. The van der Waals surface area contributed by atoms with E-state index in [1.807, 2.05) is 6.07 Å². The number of carbonyl (C=O) groups is 2. The van der Waals surface area contributed by atoms with Gasteiger partial charge >= 0.3 is 11.4 Å². The highest BCUT2D eigenvalue weighted by atomic mass is 35.5. The van der Waals surface area contributed by atoms with E-state index in [4.69, 9.17) is 11.6 Å². The minimum atomic E-state index is -0.786. The predicted molar refractivity (Wildman–Crippen MR) is 59.1 cm³/mol. The maximum Gasteiger partial charge on any atom is 0.329 e. The molecule has 0 aliphatic rings. The quantitative estimate of drug-likeness (QED) is 0.623. The van der Waals surface area contributed by atoms with E-state index in [1.54, 1.807) is 31.2 Å². The Morgan fingerprint density at radius 2 is 1.93 bits per heavy atom. The van der Waals surface area contributed by atoms with Crippen molar-refractivity contribution in [2.75, 3.05) is 11.9 Å². The van der Waals surface area contributed by atoms with Crippen LogP contribution in [0.5, 0.6) is 0 Å². The number of nitrogens with zero attached hydrogens (tertiary/aromatic N) is 1. The lowest BCUT2D eigenvalue weighted by atomic mass is 10.3. The molecule has 1 aromatic carbocycles. The van der Waals surface area contributed by atoms with Gasteiger partial charge in [0.1, 0.15) is 0 Å². The summed E-state index contributed by atoms with van der Waals surface area (Å²) in [5, 5.41) is 1.77. The smallest absolute Gasteiger partial charge is 0.307 e. The molecular weight excluding hydrogens is 216 g/mol. The monoisotopic (exact) mass is 226 g/mol. The van der Waals surface area contributed by atoms with Gasteiger partial charge in [-0.25, -0.2) is 4.79 Å². The zero-order chi connectivity index (χ0) is 11.3. The van der Waals surface area contributed by atoms with Crippen molar-refractivity contribution in [1.29, 1.82) is 0 Å². The third-order valence-corrected chi connectivity index (χ3v) is 2.00. The second-order valence-electron chi connectivity index (χ2n) is 2.79. The van der Waals surface area contributed by atoms with Crippen LogP contribution in [0.2, 0.25) is 0 Å². The summed E-state index contributed by atoms with van der Waals surface area (Å²) >= 11 is 5.23. The third-order valence-electron chi connectivity index (χ3n) is 1.80. The van der Waals surface area contributed by atoms with E-state index in [2.05, 4.69) is 5.32 Å². The van der Waals surface area contributed by atoms with Crippen LogP contribution in [0.3, 0.4) is 0 Å². The molecular formula is C10H11ClN2O2. The number of hydrogen-bond acceptors (Lipinski definition) is 2. The Bertz CT molecular complexity index is 354. The summed E-state index contributed by atoms with van der Waals surface area (Å²) < 4.78 is 0. The van der Waals surface area contributed by atoms with Gasteiger partial charge in [-0.05, 0) is 30.7 Å². The van der Waals surface area contributed by atoms with Crippen LogP contribution < -0.4 is 5.32 Å². The predicted octanol–water partition coefficient (Wildman–Crippen LogP) is 2.90. The first-order valence-electron chi connectivity index (χ1n) is 4.48. The lowest BCUT2D eigenvalue weighted by molar-refractivity contribution is 0.210. The number of rotatable bonds is 2. The van der Waals surface area contributed by atoms with E-state index in [0.29, 0.717) is 5.69 Å². The molecule has 5 heteroatoms. The molecule has 0 atom stereocenters. The first kappa shape index (κ1) is 11.5. The average Bonchev–Trinajstić information content (AvgIpc) is 2.19. The van der Waals surface area contributed by atoms with Crippen LogP contribution in [0.25, 0.3) is 0 Å². The van der Waals surface area contributed by atoms with Crippen LogP contribution in [0.15, 0.2) is 30.3 Å². The van der Waals surface area contributed by atoms with Gasteiger partial charge in [-0.15, -0.1) is 0 Å². The van der Waals surface area contributed by atoms with Crippen molar-refractivity contribution in [3.05, 3.63) is 30.3 Å². The number of anilines is 1. The molecule has 0 bridgehead atoms. The number of carbonyl (C=O) groups excluding carboxylic acids is 2. The molecule has 0 aliphatic carbocycles. The molecule has 0 aromatic heterocycles. The van der Waals surface area contributed by atoms with Crippen molar-refractivity contribution in [1.82, 2.24) is 4.90 Å². The summed E-state index contributed by atoms with van der Waals surface area (Å²) in [6, 6.07) is 8.33. The molecule has 4 nitrogen and oxygen atoms in total. The molecule has 80 valence electrons. The topological polar surface area (TPSA) is 49.4 Å². The zero-order valence-electron chi connectivity index (χ0n) is 8.24. The average molecular weight is 227 g/mol. The lowest BCUT2D eigenvalue weighted by Gasteiger charge is -2.15. The highest BCUT2D eigenvalue weighted by molar-refractivity contribution is 6.64. The van der Waals surface area contributed by atoms with Crippen molar-refractivity contribution >= 4 is 28.7 Å². The molecule has 0 fully saturated rings. The van der Waals surface area contributed by atoms with E-state index < -0.39 is 11.4 Å². The number of para-hydroxylation sites is 1. The van der Waals surface area contributed by atoms with Gasteiger partial charge in [0.25, 0.3) is 0 Å². The third kappa shape index (κ3) is 3.25. The number of nitrogens with one attached hydrogen (secondary N) is 1. The molecule has 1 rings (SSSR count). The SMILES string of the molecule is CCN(C(=O)Cl)C(=O)Nc1ccccc1. The fourth-order valence-corrected chi connectivity index (χ4v) is 1.26. The van der Waals surface area contributed by atoms with Gasteiger partial charge in [0.05, 0.1) is 0 Å². The van der Waals surface area contributed by atoms with Crippen LogP contribution in [0, 0.1) is 0 Å². The van der Waals surface area contributed by atoms with E-state index in [1.165, 1.54) is 0 Å². The molecule has 0 spiro atoms. The Balaban J connectivity index is 2.66. The summed E-state index contributed by atoms with van der Waals surface area (Å²) in [6.07, 6.45) is 0. The minimum Gasteiger partial charge on any atom is -0.307 e. The lowest BCUT2D eigenvalue weighted by Crippen LogP contribution is -2.36. The molecule has 0 saturated heterocycles. The van der Waals surface area contributed by atoms with Crippen molar-refractivity contribution < 1.29 is 9.59 Å². The van der Waals surface area contributed by atoms with Crippen LogP contribution in [-0.2, 0) is 0 Å². The minimum absolute atomic E-state index is 0.237. The molecule has 0 heterocycles. The van der Waals surface area contributed by atoms with Gasteiger partial charge in [-0.1, -0.05) is 18.2 Å². The summed E-state index contributed by atoms with van der Waals surface area (Å²) in [7, 11) is 0. The number of imide groups is 1. The maximum absolute atomic E-state index is 11.5. The first-order valence-corrected chi connectivity index (χ1v) is 4.86. The van der Waals surface area contributed by atoms with E-state index >= 15 is 0 Å². The van der Waals surface area contributed by atoms with Gasteiger partial charge < -0.3 is 5.32 Å². The number of hydrogen-bond donors (Lipinski definition) is 1.